The van der Waals surface area contributed by atoms with E-state index in [1.807, 2.05) is 0 Å². The molecule has 5 nitrogen and oxygen atoms in total. The monoisotopic (exact) mass is 246 g/mol. The van der Waals surface area contributed by atoms with Crippen LogP contribution in [0.4, 0.5) is 11.5 Å². The Morgan fingerprint density at radius 3 is 2.39 bits per heavy atom. The first-order valence-electron chi connectivity index (χ1n) is 6.48. The molecule has 5 N–H and O–H groups in total. The number of amides is 1. The predicted molar refractivity (Wildman–Crippen MR) is 70.0 cm³/mol. The number of hydrogen-bond acceptors (Lipinski definition) is 4. The number of nitrogens with two attached hydrogens (primary N) is 2. The van der Waals surface area contributed by atoms with Crippen LogP contribution in [-0.2, 0) is 0 Å². The molecule has 0 radical (unpaired) electrons. The van der Waals surface area contributed by atoms with Gasteiger partial charge in [-0.2, -0.15) is 0 Å². The van der Waals surface area contributed by atoms with Gasteiger partial charge in [-0.25, -0.2) is 4.98 Å². The Morgan fingerprint density at radius 2 is 1.89 bits per heavy atom. The average molecular weight is 246 g/mol. The molecule has 0 aromatic carbocycles. The van der Waals surface area contributed by atoms with Gasteiger partial charge in [0.15, 0.2) is 0 Å². The van der Waals surface area contributed by atoms with Crippen LogP contribution in [0.15, 0.2) is 12.1 Å². The third kappa shape index (κ3) is 2.25. The lowest BCUT2D eigenvalue weighted by molar-refractivity contribution is 0.0995. The number of nitrogens with one attached hydrogen (secondary N) is 1. The molecule has 2 aliphatic rings. The van der Waals surface area contributed by atoms with Gasteiger partial charge in [0, 0.05) is 6.04 Å². The van der Waals surface area contributed by atoms with Crippen molar-refractivity contribution in [3.63, 3.8) is 0 Å². The van der Waals surface area contributed by atoms with Crippen LogP contribution in [0.3, 0.4) is 0 Å². The van der Waals surface area contributed by atoms with E-state index in [-0.39, 0.29) is 5.69 Å². The number of carbonyl (C=O) groups is 1. The van der Waals surface area contributed by atoms with E-state index >= 15 is 0 Å². The molecule has 0 bridgehead atoms. The Hall–Kier alpha value is -1.78. The van der Waals surface area contributed by atoms with Gasteiger partial charge >= 0.3 is 0 Å². The van der Waals surface area contributed by atoms with Crippen LogP contribution >= 0.6 is 0 Å². The molecular weight excluding hydrogens is 228 g/mol. The van der Waals surface area contributed by atoms with Crippen molar-refractivity contribution in [3.8, 4) is 0 Å². The normalized spacial score (nSPS) is 18.9. The molecule has 0 atom stereocenters. The molecule has 0 spiro atoms. The van der Waals surface area contributed by atoms with Crippen LogP contribution in [0, 0.1) is 11.8 Å². The van der Waals surface area contributed by atoms with Gasteiger partial charge in [-0.05, 0) is 49.7 Å². The molecule has 1 amide bonds. The number of hydrogen-bond donors (Lipinski definition) is 3. The number of primary amides is 1. The first kappa shape index (κ1) is 11.3. The molecule has 0 aliphatic heterocycles. The minimum Gasteiger partial charge on any atom is -0.396 e. The molecule has 1 heterocycles. The number of nitrogen functional groups attached to an aromatic ring is 1. The third-order valence-corrected chi connectivity index (χ3v) is 3.74. The Labute approximate surface area is 106 Å². The lowest BCUT2D eigenvalue weighted by Gasteiger charge is -2.19. The van der Waals surface area contributed by atoms with Gasteiger partial charge in [-0.1, -0.05) is 0 Å². The zero-order valence-electron chi connectivity index (χ0n) is 10.2. The average Bonchev–Trinajstić information content (AvgIpc) is 3.20. The minimum atomic E-state index is -0.521. The molecule has 0 unspecified atom stereocenters. The van der Waals surface area contributed by atoms with Crippen molar-refractivity contribution in [2.45, 2.75) is 31.7 Å². The summed E-state index contributed by atoms with van der Waals surface area (Å²) in [5, 5.41) is 3.42. The van der Waals surface area contributed by atoms with E-state index < -0.39 is 5.91 Å². The number of carbonyl (C=O) groups excluding carboxylic acids is 1. The van der Waals surface area contributed by atoms with Gasteiger partial charge in [0.25, 0.3) is 5.91 Å². The van der Waals surface area contributed by atoms with Crippen molar-refractivity contribution >= 4 is 17.4 Å². The standard InChI is InChI=1S/C13H18N4O/c14-9-5-6-10(12(15)18)16-13(9)17-11(7-1-2-7)8-3-4-8/h5-8,11H,1-4,14H2,(H2,15,18)(H,16,17). The smallest absolute Gasteiger partial charge is 0.267 e. The molecule has 0 saturated heterocycles. The third-order valence-electron chi connectivity index (χ3n) is 3.74. The predicted octanol–water partition coefficient (Wildman–Crippen LogP) is 1.36. The van der Waals surface area contributed by atoms with Crippen LogP contribution < -0.4 is 16.8 Å². The van der Waals surface area contributed by atoms with Gasteiger partial charge in [0.05, 0.1) is 5.69 Å². The summed E-state index contributed by atoms with van der Waals surface area (Å²) in [6.07, 6.45) is 5.13. The van der Waals surface area contributed by atoms with E-state index in [1.165, 1.54) is 25.7 Å². The summed E-state index contributed by atoms with van der Waals surface area (Å²) < 4.78 is 0. The highest BCUT2D eigenvalue weighted by atomic mass is 16.1. The molecule has 2 saturated carbocycles. The Bertz CT molecular complexity index is 468. The van der Waals surface area contributed by atoms with Crippen molar-refractivity contribution in [2.75, 3.05) is 11.1 Å². The number of aromatic nitrogens is 1. The zero-order valence-corrected chi connectivity index (χ0v) is 10.2. The Balaban J connectivity index is 1.81. The van der Waals surface area contributed by atoms with Crippen LogP contribution in [-0.4, -0.2) is 16.9 Å². The topological polar surface area (TPSA) is 94.0 Å². The molecule has 3 rings (SSSR count). The highest BCUT2D eigenvalue weighted by Gasteiger charge is 2.41. The van der Waals surface area contributed by atoms with E-state index in [4.69, 9.17) is 11.5 Å². The minimum absolute atomic E-state index is 0.261. The number of pyridine rings is 1. The van der Waals surface area contributed by atoms with Crippen LogP contribution in [0.25, 0.3) is 0 Å². The summed E-state index contributed by atoms with van der Waals surface area (Å²) in [6.45, 7) is 0. The van der Waals surface area contributed by atoms with Crippen molar-refractivity contribution in [3.05, 3.63) is 17.8 Å². The second-order valence-electron chi connectivity index (χ2n) is 5.34. The summed E-state index contributed by atoms with van der Waals surface area (Å²) in [7, 11) is 0. The number of nitrogens with zero attached hydrogens (tertiary/aromatic N) is 1. The second-order valence-corrected chi connectivity index (χ2v) is 5.34. The van der Waals surface area contributed by atoms with E-state index in [2.05, 4.69) is 10.3 Å². The van der Waals surface area contributed by atoms with Crippen molar-refractivity contribution in [2.24, 2.45) is 17.6 Å². The van der Waals surface area contributed by atoms with Gasteiger partial charge in [-0.3, -0.25) is 4.79 Å². The van der Waals surface area contributed by atoms with Crippen molar-refractivity contribution < 1.29 is 4.79 Å². The summed E-state index contributed by atoms with van der Waals surface area (Å²) >= 11 is 0. The molecule has 1 aromatic heterocycles. The fourth-order valence-electron chi connectivity index (χ4n) is 2.41. The zero-order chi connectivity index (χ0) is 12.7. The maximum absolute atomic E-state index is 11.1. The Kier molecular flexibility index (Phi) is 2.61. The lowest BCUT2D eigenvalue weighted by atomic mass is 10.1. The van der Waals surface area contributed by atoms with Gasteiger partial charge in [0.1, 0.15) is 11.5 Å². The molecule has 5 heteroatoms. The van der Waals surface area contributed by atoms with E-state index in [0.717, 1.165) is 11.8 Å². The number of anilines is 2. The van der Waals surface area contributed by atoms with Gasteiger partial charge < -0.3 is 16.8 Å². The van der Waals surface area contributed by atoms with E-state index in [9.17, 15) is 4.79 Å². The molecule has 96 valence electrons. The van der Waals surface area contributed by atoms with Gasteiger partial charge in [0.2, 0.25) is 0 Å². The first-order chi connectivity index (χ1) is 8.65. The molecule has 18 heavy (non-hydrogen) atoms. The molecule has 1 aromatic rings. The van der Waals surface area contributed by atoms with E-state index in [0.29, 0.717) is 17.5 Å². The van der Waals surface area contributed by atoms with Crippen LogP contribution in [0.1, 0.15) is 36.2 Å². The largest absolute Gasteiger partial charge is 0.396 e. The molecular formula is C13H18N4O. The molecule has 2 aliphatic carbocycles. The highest BCUT2D eigenvalue weighted by Crippen LogP contribution is 2.46. The van der Waals surface area contributed by atoms with Crippen molar-refractivity contribution in [1.29, 1.82) is 0 Å². The quantitative estimate of drug-likeness (QED) is 0.731. The maximum atomic E-state index is 11.1. The second kappa shape index (κ2) is 4.15. The highest BCUT2D eigenvalue weighted by molar-refractivity contribution is 5.91. The van der Waals surface area contributed by atoms with Gasteiger partial charge in [-0.15, -0.1) is 0 Å². The fourth-order valence-corrected chi connectivity index (χ4v) is 2.41. The summed E-state index contributed by atoms with van der Waals surface area (Å²) in [5.74, 6) is 1.58. The maximum Gasteiger partial charge on any atom is 0.267 e. The summed E-state index contributed by atoms with van der Waals surface area (Å²) in [5.41, 5.74) is 12.0. The van der Waals surface area contributed by atoms with E-state index in [1.54, 1.807) is 12.1 Å². The summed E-state index contributed by atoms with van der Waals surface area (Å²) in [6, 6.07) is 3.71. The SMILES string of the molecule is NC(=O)c1ccc(N)c(NC(C2CC2)C2CC2)n1. The molecule has 2 fully saturated rings. The first-order valence-corrected chi connectivity index (χ1v) is 6.48. The Morgan fingerprint density at radius 1 is 1.28 bits per heavy atom. The van der Waals surface area contributed by atoms with Crippen molar-refractivity contribution in [1.82, 2.24) is 4.98 Å². The lowest BCUT2D eigenvalue weighted by Crippen LogP contribution is -2.26. The van der Waals surface area contributed by atoms with Crippen LogP contribution in [0.5, 0.6) is 0 Å². The fraction of sp³-hybridized carbons (Fsp3) is 0.538. The summed E-state index contributed by atoms with van der Waals surface area (Å²) in [4.78, 5) is 15.4. The van der Waals surface area contributed by atoms with Crippen LogP contribution in [0.2, 0.25) is 0 Å². The number of rotatable bonds is 5.